The monoisotopic (exact) mass is 376 g/mol. The molecule has 0 bridgehead atoms. The zero-order chi connectivity index (χ0) is 19.5. The van der Waals surface area contributed by atoms with Gasteiger partial charge in [-0.1, -0.05) is 18.2 Å². The van der Waals surface area contributed by atoms with E-state index in [1.807, 2.05) is 12.1 Å². The summed E-state index contributed by atoms with van der Waals surface area (Å²) in [6.45, 7) is 0.903. The molecule has 0 unspecified atom stereocenters. The van der Waals surface area contributed by atoms with Gasteiger partial charge in [0.25, 0.3) is 5.56 Å². The third kappa shape index (κ3) is 3.55. The minimum atomic E-state index is -0.270. The Labute approximate surface area is 161 Å². The fraction of sp³-hybridized carbons (Fsp3) is 0.286. The van der Waals surface area contributed by atoms with Crippen LogP contribution in [0.4, 0.5) is 0 Å². The maximum atomic E-state index is 12.6. The molecule has 1 aromatic carbocycles. The number of benzene rings is 1. The van der Waals surface area contributed by atoms with Crippen LogP contribution in [0.25, 0.3) is 10.8 Å². The van der Waals surface area contributed by atoms with E-state index in [2.05, 4.69) is 10.1 Å². The molecule has 1 saturated heterocycles. The van der Waals surface area contributed by atoms with Crippen molar-refractivity contribution in [3.05, 3.63) is 70.9 Å². The van der Waals surface area contributed by atoms with Crippen LogP contribution in [0, 0.1) is 5.92 Å². The summed E-state index contributed by atoms with van der Waals surface area (Å²) >= 11 is 0. The summed E-state index contributed by atoms with van der Waals surface area (Å²) in [5.41, 5.74) is 0.340. The molecule has 0 atom stereocenters. The van der Waals surface area contributed by atoms with E-state index in [9.17, 15) is 14.4 Å². The second kappa shape index (κ2) is 7.72. The summed E-state index contributed by atoms with van der Waals surface area (Å²) in [7, 11) is 0. The molecule has 7 heteroatoms. The molecule has 0 N–H and O–H groups in total. The summed E-state index contributed by atoms with van der Waals surface area (Å²) < 4.78 is 1.21. The van der Waals surface area contributed by atoms with Gasteiger partial charge in [-0.3, -0.25) is 19.4 Å². The number of rotatable bonds is 4. The zero-order valence-electron chi connectivity index (χ0n) is 15.3. The average molecular weight is 376 g/mol. The second-order valence-corrected chi connectivity index (χ2v) is 6.96. The van der Waals surface area contributed by atoms with Gasteiger partial charge in [0.05, 0.1) is 11.6 Å². The van der Waals surface area contributed by atoms with Crippen LogP contribution in [0.5, 0.6) is 0 Å². The van der Waals surface area contributed by atoms with Crippen LogP contribution in [-0.2, 0) is 11.3 Å². The van der Waals surface area contributed by atoms with Crippen molar-refractivity contribution in [2.75, 3.05) is 13.1 Å². The summed E-state index contributed by atoms with van der Waals surface area (Å²) in [6, 6.07) is 10.7. The average Bonchev–Trinajstić information content (AvgIpc) is 2.76. The fourth-order valence-corrected chi connectivity index (χ4v) is 3.60. The quantitative estimate of drug-likeness (QED) is 0.650. The third-order valence-corrected chi connectivity index (χ3v) is 5.21. The molecule has 142 valence electrons. The summed E-state index contributed by atoms with van der Waals surface area (Å²) in [4.78, 5) is 43.4. The van der Waals surface area contributed by atoms with Gasteiger partial charge in [0.15, 0.2) is 5.78 Å². The van der Waals surface area contributed by atoms with Crippen molar-refractivity contribution < 1.29 is 9.59 Å². The second-order valence-electron chi connectivity index (χ2n) is 6.96. The van der Waals surface area contributed by atoms with Crippen molar-refractivity contribution in [1.29, 1.82) is 0 Å². The molecule has 1 amide bonds. The molecule has 0 radical (unpaired) electrons. The lowest BCUT2D eigenvalue weighted by molar-refractivity contribution is -0.133. The van der Waals surface area contributed by atoms with Crippen LogP contribution in [0.3, 0.4) is 0 Å². The molecular formula is C21H20N4O3. The molecule has 4 rings (SSSR count). The number of hydrogen-bond donors (Lipinski definition) is 0. The van der Waals surface area contributed by atoms with Crippen LogP contribution in [-0.4, -0.2) is 44.4 Å². The molecule has 28 heavy (non-hydrogen) atoms. The van der Waals surface area contributed by atoms with E-state index in [1.54, 1.807) is 47.8 Å². The minimum absolute atomic E-state index is 0.0765. The van der Waals surface area contributed by atoms with Crippen LogP contribution >= 0.6 is 0 Å². The Balaban J connectivity index is 1.40. The van der Waals surface area contributed by atoms with Gasteiger partial charge >= 0.3 is 0 Å². The number of hydrogen-bond acceptors (Lipinski definition) is 5. The van der Waals surface area contributed by atoms with Crippen molar-refractivity contribution in [2.45, 2.75) is 19.4 Å². The first-order valence-electron chi connectivity index (χ1n) is 9.30. The van der Waals surface area contributed by atoms with E-state index in [1.165, 1.54) is 4.68 Å². The lowest BCUT2D eigenvalue weighted by atomic mass is 9.89. The first-order chi connectivity index (χ1) is 13.6. The number of pyridine rings is 1. The van der Waals surface area contributed by atoms with Crippen LogP contribution in [0.15, 0.2) is 59.8 Å². The van der Waals surface area contributed by atoms with E-state index >= 15 is 0 Å². The van der Waals surface area contributed by atoms with Gasteiger partial charge in [0, 0.05) is 42.4 Å². The molecule has 0 saturated carbocycles. The summed E-state index contributed by atoms with van der Waals surface area (Å²) in [5.74, 6) is -0.181. The standard InChI is InChI=1S/C21H20N4O3/c26-19(14-25-21(28)18-6-2-1-4-16(18)13-23-25)24-10-7-15(8-11-24)20(27)17-5-3-9-22-12-17/h1-6,9,12-13,15H,7-8,10-11,14H2. The van der Waals surface area contributed by atoms with Gasteiger partial charge in [0.2, 0.25) is 5.91 Å². The Morgan fingerprint density at radius 1 is 1.04 bits per heavy atom. The molecular weight excluding hydrogens is 356 g/mol. The molecule has 0 spiro atoms. The molecule has 0 aliphatic carbocycles. The van der Waals surface area contributed by atoms with Gasteiger partial charge in [-0.05, 0) is 31.0 Å². The Bertz CT molecular complexity index is 1070. The van der Waals surface area contributed by atoms with E-state index < -0.39 is 0 Å². The number of aromatic nitrogens is 3. The largest absolute Gasteiger partial charge is 0.341 e. The molecule has 1 fully saturated rings. The van der Waals surface area contributed by atoms with Crippen molar-refractivity contribution in [3.63, 3.8) is 0 Å². The normalized spacial score (nSPS) is 14.9. The zero-order valence-corrected chi connectivity index (χ0v) is 15.3. The summed E-state index contributed by atoms with van der Waals surface area (Å²) in [5, 5.41) is 5.42. The Hall–Kier alpha value is -3.35. The molecule has 7 nitrogen and oxygen atoms in total. The van der Waals surface area contributed by atoms with Gasteiger partial charge in [-0.25, -0.2) is 4.68 Å². The number of Topliss-reactive ketones (excluding diaryl/α,β-unsaturated/α-hetero) is 1. The topological polar surface area (TPSA) is 85.2 Å². The number of ketones is 1. The van der Waals surface area contributed by atoms with E-state index in [0.717, 1.165) is 5.39 Å². The third-order valence-electron chi connectivity index (χ3n) is 5.21. The van der Waals surface area contributed by atoms with E-state index in [0.29, 0.717) is 36.9 Å². The first kappa shape index (κ1) is 18.0. The number of amides is 1. The highest BCUT2D eigenvalue weighted by Crippen LogP contribution is 2.21. The van der Waals surface area contributed by atoms with Crippen LogP contribution < -0.4 is 5.56 Å². The Kier molecular flexibility index (Phi) is 4.97. The van der Waals surface area contributed by atoms with Gasteiger partial charge in [-0.2, -0.15) is 5.10 Å². The lowest BCUT2D eigenvalue weighted by Crippen LogP contribution is -2.43. The van der Waals surface area contributed by atoms with Gasteiger partial charge < -0.3 is 4.90 Å². The predicted octanol–water partition coefficient (Wildman–Crippen LogP) is 1.91. The van der Waals surface area contributed by atoms with E-state index in [4.69, 9.17) is 0 Å². The molecule has 3 aromatic rings. The van der Waals surface area contributed by atoms with Gasteiger partial charge in [0.1, 0.15) is 6.54 Å². The number of fused-ring (bicyclic) bond motifs is 1. The molecule has 1 aliphatic rings. The van der Waals surface area contributed by atoms with Gasteiger partial charge in [-0.15, -0.1) is 0 Å². The number of carbonyl (C=O) groups excluding carboxylic acids is 2. The van der Waals surface area contributed by atoms with Crippen molar-refractivity contribution >= 4 is 22.5 Å². The molecule has 1 aliphatic heterocycles. The fourth-order valence-electron chi connectivity index (χ4n) is 3.60. The smallest absolute Gasteiger partial charge is 0.275 e. The van der Waals surface area contributed by atoms with Crippen molar-refractivity contribution in [2.24, 2.45) is 5.92 Å². The highest BCUT2D eigenvalue weighted by atomic mass is 16.2. The van der Waals surface area contributed by atoms with E-state index in [-0.39, 0.29) is 29.7 Å². The Morgan fingerprint density at radius 3 is 2.57 bits per heavy atom. The maximum absolute atomic E-state index is 12.6. The molecule has 3 heterocycles. The van der Waals surface area contributed by atoms with Crippen molar-refractivity contribution in [1.82, 2.24) is 19.7 Å². The van der Waals surface area contributed by atoms with Crippen LogP contribution in [0.1, 0.15) is 23.2 Å². The van der Waals surface area contributed by atoms with Crippen LogP contribution in [0.2, 0.25) is 0 Å². The SMILES string of the molecule is O=C(c1cccnc1)C1CCN(C(=O)Cn2ncc3ccccc3c2=O)CC1. The predicted molar refractivity (Wildman–Crippen MR) is 104 cm³/mol. The highest BCUT2D eigenvalue weighted by Gasteiger charge is 2.28. The number of nitrogens with zero attached hydrogens (tertiary/aromatic N) is 4. The summed E-state index contributed by atoms with van der Waals surface area (Å²) in [6.07, 6.45) is 6.04. The number of piperidine rings is 1. The first-order valence-corrected chi connectivity index (χ1v) is 9.30. The maximum Gasteiger partial charge on any atom is 0.275 e. The minimum Gasteiger partial charge on any atom is -0.341 e. The number of likely N-dealkylation sites (tertiary alicyclic amines) is 1. The molecule has 2 aromatic heterocycles. The number of carbonyl (C=O) groups is 2. The lowest BCUT2D eigenvalue weighted by Gasteiger charge is -2.31. The highest BCUT2D eigenvalue weighted by molar-refractivity contribution is 5.97. The van der Waals surface area contributed by atoms with Crippen molar-refractivity contribution in [3.8, 4) is 0 Å². The Morgan fingerprint density at radius 2 is 1.82 bits per heavy atom.